The molecular formula is C20H23NO4. The lowest BCUT2D eigenvalue weighted by Gasteiger charge is -2.12. The van der Waals surface area contributed by atoms with Crippen molar-refractivity contribution in [2.45, 2.75) is 13.5 Å². The molecule has 0 saturated heterocycles. The molecule has 5 nitrogen and oxygen atoms in total. The van der Waals surface area contributed by atoms with Crippen LogP contribution in [0.3, 0.4) is 0 Å². The Balaban J connectivity index is 1.98. The van der Waals surface area contributed by atoms with Gasteiger partial charge in [-0.3, -0.25) is 0 Å². The average Bonchev–Trinajstić information content (AvgIpc) is 2.65. The molecule has 0 aliphatic heterocycles. The van der Waals surface area contributed by atoms with Gasteiger partial charge >= 0.3 is 5.97 Å². The normalized spacial score (nSPS) is 10.0. The number of hydrogen-bond acceptors (Lipinski definition) is 5. The van der Waals surface area contributed by atoms with Crippen molar-refractivity contribution in [1.82, 2.24) is 0 Å². The minimum atomic E-state index is -0.311. The molecule has 25 heavy (non-hydrogen) atoms. The first-order valence-corrected chi connectivity index (χ1v) is 8.09. The van der Waals surface area contributed by atoms with Gasteiger partial charge in [0.15, 0.2) is 11.5 Å². The number of carbonyl (C=O) groups is 1. The second-order valence-electron chi connectivity index (χ2n) is 5.24. The van der Waals surface area contributed by atoms with Crippen LogP contribution in [0.2, 0.25) is 0 Å². The molecular weight excluding hydrogens is 318 g/mol. The standard InChI is InChI=1S/C20H23NO4/c1-4-12-25-18-11-6-15(13-19(18)23-3)14-21-17-9-7-16(8-10-17)20(22)24-5-2/h4,6-11,13,21H,1,5,12,14H2,2-3H3. The largest absolute Gasteiger partial charge is 0.493 e. The molecule has 0 atom stereocenters. The van der Waals surface area contributed by atoms with Crippen LogP contribution in [-0.2, 0) is 11.3 Å². The van der Waals surface area contributed by atoms with Gasteiger partial charge in [-0.15, -0.1) is 0 Å². The number of nitrogens with one attached hydrogen (secondary N) is 1. The fourth-order valence-corrected chi connectivity index (χ4v) is 2.23. The lowest BCUT2D eigenvalue weighted by molar-refractivity contribution is 0.0526. The molecule has 0 unspecified atom stereocenters. The Labute approximate surface area is 148 Å². The number of hydrogen-bond donors (Lipinski definition) is 1. The first-order chi connectivity index (χ1) is 12.2. The van der Waals surface area contributed by atoms with Crippen LogP contribution in [0.5, 0.6) is 11.5 Å². The molecule has 0 heterocycles. The van der Waals surface area contributed by atoms with E-state index in [-0.39, 0.29) is 5.97 Å². The second-order valence-corrected chi connectivity index (χ2v) is 5.24. The summed E-state index contributed by atoms with van der Waals surface area (Å²) < 4.78 is 15.9. The van der Waals surface area contributed by atoms with Crippen LogP contribution in [-0.4, -0.2) is 26.3 Å². The Morgan fingerprint density at radius 2 is 1.92 bits per heavy atom. The van der Waals surface area contributed by atoms with E-state index in [9.17, 15) is 4.79 Å². The minimum absolute atomic E-state index is 0.311. The Morgan fingerprint density at radius 1 is 1.16 bits per heavy atom. The summed E-state index contributed by atoms with van der Waals surface area (Å²) in [6.45, 7) is 6.84. The lowest BCUT2D eigenvalue weighted by Crippen LogP contribution is -2.05. The Kier molecular flexibility index (Phi) is 6.89. The predicted molar refractivity (Wildman–Crippen MR) is 98.4 cm³/mol. The number of rotatable bonds is 9. The summed E-state index contributed by atoms with van der Waals surface area (Å²) in [7, 11) is 1.61. The molecule has 2 aromatic carbocycles. The molecule has 2 aromatic rings. The van der Waals surface area contributed by atoms with Crippen molar-refractivity contribution in [2.75, 3.05) is 25.6 Å². The average molecular weight is 341 g/mol. The first-order valence-electron chi connectivity index (χ1n) is 8.09. The maximum atomic E-state index is 11.6. The molecule has 0 fully saturated rings. The van der Waals surface area contributed by atoms with Gasteiger partial charge < -0.3 is 19.5 Å². The zero-order valence-corrected chi connectivity index (χ0v) is 14.6. The molecule has 0 bridgehead atoms. The van der Waals surface area contributed by atoms with Gasteiger partial charge in [0.25, 0.3) is 0 Å². The summed E-state index contributed by atoms with van der Waals surface area (Å²) >= 11 is 0. The highest BCUT2D eigenvalue weighted by Gasteiger charge is 2.07. The van der Waals surface area contributed by atoms with E-state index < -0.39 is 0 Å². The van der Waals surface area contributed by atoms with E-state index in [1.165, 1.54) is 0 Å². The zero-order valence-electron chi connectivity index (χ0n) is 14.6. The van der Waals surface area contributed by atoms with Gasteiger partial charge in [0.1, 0.15) is 6.61 Å². The van der Waals surface area contributed by atoms with Crippen LogP contribution < -0.4 is 14.8 Å². The highest BCUT2D eigenvalue weighted by Crippen LogP contribution is 2.28. The molecule has 132 valence electrons. The van der Waals surface area contributed by atoms with Crippen molar-refractivity contribution < 1.29 is 19.0 Å². The molecule has 0 spiro atoms. The molecule has 0 radical (unpaired) electrons. The SMILES string of the molecule is C=CCOc1ccc(CNc2ccc(C(=O)OCC)cc2)cc1OC. The van der Waals surface area contributed by atoms with Gasteiger partial charge in [-0.2, -0.15) is 0 Å². The van der Waals surface area contributed by atoms with Crippen molar-refractivity contribution in [3.8, 4) is 11.5 Å². The van der Waals surface area contributed by atoms with Crippen LogP contribution in [0, 0.1) is 0 Å². The van der Waals surface area contributed by atoms with Gasteiger partial charge in [-0.1, -0.05) is 18.7 Å². The van der Waals surface area contributed by atoms with Crippen molar-refractivity contribution in [1.29, 1.82) is 0 Å². The fraction of sp³-hybridized carbons (Fsp3) is 0.250. The van der Waals surface area contributed by atoms with Crippen LogP contribution in [0.15, 0.2) is 55.1 Å². The van der Waals surface area contributed by atoms with Crippen LogP contribution in [0.4, 0.5) is 5.69 Å². The Bertz CT molecular complexity index is 710. The number of carbonyl (C=O) groups excluding carboxylic acids is 1. The van der Waals surface area contributed by atoms with Gasteiger partial charge in [-0.25, -0.2) is 4.79 Å². The van der Waals surface area contributed by atoms with E-state index in [0.717, 1.165) is 11.3 Å². The molecule has 1 N–H and O–H groups in total. The summed E-state index contributed by atoms with van der Waals surface area (Å²) in [5.41, 5.74) is 2.51. The van der Waals surface area contributed by atoms with Crippen molar-refractivity contribution in [3.63, 3.8) is 0 Å². The monoisotopic (exact) mass is 341 g/mol. The van der Waals surface area contributed by atoms with Gasteiger partial charge in [0.05, 0.1) is 19.3 Å². The molecule has 2 rings (SSSR count). The van der Waals surface area contributed by atoms with Crippen molar-refractivity contribution in [3.05, 3.63) is 66.2 Å². The van der Waals surface area contributed by atoms with Crippen LogP contribution >= 0.6 is 0 Å². The molecule has 5 heteroatoms. The van der Waals surface area contributed by atoms with Crippen LogP contribution in [0.25, 0.3) is 0 Å². The third-order valence-electron chi connectivity index (χ3n) is 3.48. The first kappa shape index (κ1) is 18.4. The smallest absolute Gasteiger partial charge is 0.338 e. The summed E-state index contributed by atoms with van der Waals surface area (Å²) in [6, 6.07) is 13.0. The Morgan fingerprint density at radius 3 is 2.56 bits per heavy atom. The van der Waals surface area contributed by atoms with Crippen LogP contribution in [0.1, 0.15) is 22.8 Å². The fourth-order valence-electron chi connectivity index (χ4n) is 2.23. The minimum Gasteiger partial charge on any atom is -0.493 e. The van der Waals surface area contributed by atoms with E-state index in [1.807, 2.05) is 30.3 Å². The molecule has 0 aliphatic carbocycles. The maximum absolute atomic E-state index is 11.6. The quantitative estimate of drug-likeness (QED) is 0.551. The van der Waals surface area contributed by atoms with E-state index in [2.05, 4.69) is 11.9 Å². The van der Waals surface area contributed by atoms with E-state index in [4.69, 9.17) is 14.2 Å². The molecule has 0 aromatic heterocycles. The predicted octanol–water partition coefficient (Wildman–Crippen LogP) is 4.05. The lowest BCUT2D eigenvalue weighted by atomic mass is 10.1. The second kappa shape index (κ2) is 9.37. The maximum Gasteiger partial charge on any atom is 0.338 e. The summed E-state index contributed by atoms with van der Waals surface area (Å²) in [5.74, 6) is 1.05. The van der Waals surface area contributed by atoms with Gasteiger partial charge in [0.2, 0.25) is 0 Å². The summed E-state index contributed by atoms with van der Waals surface area (Å²) in [6.07, 6.45) is 1.69. The van der Waals surface area contributed by atoms with E-state index >= 15 is 0 Å². The highest BCUT2D eigenvalue weighted by molar-refractivity contribution is 5.89. The third kappa shape index (κ3) is 5.28. The molecule has 0 aliphatic rings. The molecule has 0 saturated carbocycles. The number of anilines is 1. The van der Waals surface area contributed by atoms with Gasteiger partial charge in [-0.05, 0) is 48.9 Å². The highest BCUT2D eigenvalue weighted by atomic mass is 16.5. The van der Waals surface area contributed by atoms with Crippen molar-refractivity contribution in [2.24, 2.45) is 0 Å². The number of benzene rings is 2. The molecule has 0 amide bonds. The van der Waals surface area contributed by atoms with E-state index in [0.29, 0.717) is 36.8 Å². The third-order valence-corrected chi connectivity index (χ3v) is 3.48. The zero-order chi connectivity index (χ0) is 18.1. The number of ether oxygens (including phenoxy) is 3. The topological polar surface area (TPSA) is 56.8 Å². The Hall–Kier alpha value is -2.95. The summed E-state index contributed by atoms with van der Waals surface area (Å²) in [5, 5.41) is 3.31. The van der Waals surface area contributed by atoms with Gasteiger partial charge in [0, 0.05) is 12.2 Å². The number of methoxy groups -OCH3 is 1. The van der Waals surface area contributed by atoms with E-state index in [1.54, 1.807) is 32.2 Å². The van der Waals surface area contributed by atoms with Crippen molar-refractivity contribution >= 4 is 11.7 Å². The summed E-state index contributed by atoms with van der Waals surface area (Å²) in [4.78, 5) is 11.6. The number of esters is 1.